The molecule has 1 saturated heterocycles. The molecule has 0 bridgehead atoms. The molecule has 0 spiro atoms. The molecule has 3 aromatic rings. The number of piperidine rings is 1. The van der Waals surface area contributed by atoms with E-state index < -0.39 is 15.9 Å². The number of sulfonamides is 1. The average molecular weight is 488 g/mol. The number of hydrogen-bond acceptors (Lipinski definition) is 7. The van der Waals surface area contributed by atoms with E-state index in [1.165, 1.54) is 22.8 Å². The van der Waals surface area contributed by atoms with E-state index in [1.54, 1.807) is 37.3 Å². The summed E-state index contributed by atoms with van der Waals surface area (Å²) in [5.41, 5.74) is 0.849. The molecular formula is C23H25N3O5S2. The second kappa shape index (κ2) is 9.90. The van der Waals surface area contributed by atoms with Crippen LogP contribution in [0.1, 0.15) is 29.2 Å². The lowest BCUT2D eigenvalue weighted by molar-refractivity contribution is -0.120. The monoisotopic (exact) mass is 487 g/mol. The van der Waals surface area contributed by atoms with E-state index >= 15 is 0 Å². The van der Waals surface area contributed by atoms with Crippen LogP contribution in [0.15, 0.2) is 51.2 Å². The Kier molecular flexibility index (Phi) is 6.96. The zero-order valence-corrected chi connectivity index (χ0v) is 20.0. The number of nitrogens with one attached hydrogen (secondary N) is 1. The summed E-state index contributed by atoms with van der Waals surface area (Å²) in [5, 5.41) is 8.69. The first-order valence-corrected chi connectivity index (χ1v) is 12.8. The van der Waals surface area contributed by atoms with Crippen molar-refractivity contribution in [3.63, 3.8) is 0 Å². The minimum absolute atomic E-state index is 0.0427. The van der Waals surface area contributed by atoms with Crippen LogP contribution in [-0.4, -0.2) is 44.0 Å². The summed E-state index contributed by atoms with van der Waals surface area (Å²) in [7, 11) is -2.37. The fourth-order valence-electron chi connectivity index (χ4n) is 3.83. The number of methoxy groups -OCH3 is 1. The fourth-order valence-corrected chi connectivity index (χ4v) is 6.22. The van der Waals surface area contributed by atoms with Gasteiger partial charge < -0.3 is 14.6 Å². The van der Waals surface area contributed by atoms with E-state index in [9.17, 15) is 13.2 Å². The molecule has 1 aliphatic heterocycles. The summed E-state index contributed by atoms with van der Waals surface area (Å²) in [6.07, 6.45) is 4.59. The molecule has 0 aliphatic carbocycles. The van der Waals surface area contributed by atoms with Crippen LogP contribution < -0.4 is 10.1 Å². The van der Waals surface area contributed by atoms with Gasteiger partial charge in [-0.15, -0.1) is 11.3 Å². The molecular weight excluding hydrogens is 462 g/mol. The number of anilines is 1. The maximum Gasteiger partial charge on any atom is 0.248 e. The fraction of sp³-hybridized carbons (Fsp3) is 0.304. The van der Waals surface area contributed by atoms with Gasteiger partial charge in [0, 0.05) is 18.0 Å². The summed E-state index contributed by atoms with van der Waals surface area (Å²) in [6, 6.07) is 11.0. The third-order valence-electron chi connectivity index (χ3n) is 5.49. The lowest BCUT2D eigenvalue weighted by atomic mass is 9.98. The van der Waals surface area contributed by atoms with Crippen LogP contribution in [-0.2, 0) is 14.8 Å². The molecule has 1 aromatic carbocycles. The van der Waals surface area contributed by atoms with Crippen LogP contribution in [0.25, 0.3) is 12.2 Å². The summed E-state index contributed by atoms with van der Waals surface area (Å²) < 4.78 is 39.0. The molecule has 0 unspecified atom stereocenters. The standard InChI is InChI=1S/C23H25N3O5S2/c1-16-22(21(31-25-16)12-11-18-8-6-14-32-18)33(28,29)26-13-5-7-17(15-26)23(27)24-19-9-3-4-10-20(19)30-2/h3-4,6,8-12,14,17H,5,7,13,15H2,1-2H3,(H,24,27)/b12-11+/t17-/m1/s1. The Bertz CT molecular complexity index is 1250. The Balaban J connectivity index is 1.53. The van der Waals surface area contributed by atoms with Crippen LogP contribution in [0.3, 0.4) is 0 Å². The molecule has 0 radical (unpaired) electrons. The summed E-state index contributed by atoms with van der Waals surface area (Å²) in [4.78, 5) is 13.9. The van der Waals surface area contributed by atoms with Gasteiger partial charge in [-0.3, -0.25) is 4.79 Å². The quantitative estimate of drug-likeness (QED) is 0.534. The average Bonchev–Trinajstić information content (AvgIpc) is 3.47. The molecule has 4 rings (SSSR count). The third-order valence-corrected chi connectivity index (χ3v) is 8.35. The van der Waals surface area contributed by atoms with Crippen molar-refractivity contribution in [2.24, 2.45) is 5.92 Å². The Morgan fingerprint density at radius 3 is 2.85 bits per heavy atom. The normalized spacial score (nSPS) is 17.3. The topological polar surface area (TPSA) is 102 Å². The largest absolute Gasteiger partial charge is 0.495 e. The number of rotatable bonds is 7. The van der Waals surface area contributed by atoms with E-state index in [4.69, 9.17) is 9.26 Å². The second-order valence-corrected chi connectivity index (χ2v) is 10.6. The number of aromatic nitrogens is 1. The molecule has 1 amide bonds. The maximum atomic E-state index is 13.5. The molecule has 174 valence electrons. The first kappa shape index (κ1) is 23.2. The van der Waals surface area contributed by atoms with Crippen LogP contribution in [0.2, 0.25) is 0 Å². The number of hydrogen-bond donors (Lipinski definition) is 1. The number of carbonyl (C=O) groups excluding carboxylic acids is 1. The molecule has 1 atom stereocenters. The molecule has 10 heteroatoms. The Labute approximate surface area is 196 Å². The lowest BCUT2D eigenvalue weighted by Gasteiger charge is -2.31. The maximum absolute atomic E-state index is 13.5. The number of benzene rings is 1. The highest BCUT2D eigenvalue weighted by Gasteiger charge is 2.37. The van der Waals surface area contributed by atoms with Crippen molar-refractivity contribution in [3.05, 3.63) is 58.1 Å². The van der Waals surface area contributed by atoms with Crippen LogP contribution in [0.5, 0.6) is 5.75 Å². The number of nitrogens with zero attached hydrogens (tertiary/aromatic N) is 2. The number of ether oxygens (including phenoxy) is 1. The smallest absolute Gasteiger partial charge is 0.248 e. The molecule has 2 aromatic heterocycles. The predicted octanol–water partition coefficient (Wildman–Crippen LogP) is 4.26. The van der Waals surface area contributed by atoms with Gasteiger partial charge in [-0.2, -0.15) is 4.31 Å². The van der Waals surface area contributed by atoms with Gasteiger partial charge in [-0.1, -0.05) is 23.4 Å². The summed E-state index contributed by atoms with van der Waals surface area (Å²) in [5.74, 6) is 0.0119. The van der Waals surface area contributed by atoms with Gasteiger partial charge in [-0.25, -0.2) is 8.42 Å². The highest BCUT2D eigenvalue weighted by Crippen LogP contribution is 2.31. The molecule has 1 fully saturated rings. The number of thiophene rings is 1. The number of aryl methyl sites for hydroxylation is 1. The van der Waals surface area contributed by atoms with Crippen LogP contribution in [0, 0.1) is 12.8 Å². The van der Waals surface area contributed by atoms with Crippen molar-refractivity contribution < 1.29 is 22.5 Å². The molecule has 3 heterocycles. The SMILES string of the molecule is COc1ccccc1NC(=O)[C@@H]1CCCN(S(=O)(=O)c2c(C)noc2/C=C/c2cccs2)C1. The third kappa shape index (κ3) is 5.02. The van der Waals surface area contributed by atoms with Gasteiger partial charge in [-0.05, 0) is 55.5 Å². The van der Waals surface area contributed by atoms with Gasteiger partial charge >= 0.3 is 0 Å². The highest BCUT2D eigenvalue weighted by molar-refractivity contribution is 7.89. The van der Waals surface area contributed by atoms with Crippen molar-refractivity contribution in [2.45, 2.75) is 24.7 Å². The lowest BCUT2D eigenvalue weighted by Crippen LogP contribution is -2.43. The van der Waals surface area contributed by atoms with E-state index in [1.807, 2.05) is 23.6 Å². The van der Waals surface area contributed by atoms with Gasteiger partial charge in [0.05, 0.1) is 18.7 Å². The van der Waals surface area contributed by atoms with E-state index in [-0.39, 0.29) is 23.1 Å². The van der Waals surface area contributed by atoms with E-state index in [0.717, 1.165) is 4.88 Å². The van der Waals surface area contributed by atoms with Crippen molar-refractivity contribution in [2.75, 3.05) is 25.5 Å². The zero-order chi connectivity index (χ0) is 23.4. The van der Waals surface area contributed by atoms with E-state index in [2.05, 4.69) is 10.5 Å². The molecule has 1 aliphatic rings. The molecule has 33 heavy (non-hydrogen) atoms. The van der Waals surface area contributed by atoms with Crippen LogP contribution >= 0.6 is 11.3 Å². The minimum atomic E-state index is -3.90. The number of para-hydroxylation sites is 2. The molecule has 1 N–H and O–H groups in total. The first-order chi connectivity index (χ1) is 15.9. The van der Waals surface area contributed by atoms with Crippen molar-refractivity contribution in [3.8, 4) is 5.75 Å². The van der Waals surface area contributed by atoms with Crippen molar-refractivity contribution in [1.29, 1.82) is 0 Å². The number of amides is 1. The highest BCUT2D eigenvalue weighted by atomic mass is 32.2. The Morgan fingerprint density at radius 1 is 1.27 bits per heavy atom. The summed E-state index contributed by atoms with van der Waals surface area (Å²) >= 11 is 1.53. The molecule has 0 saturated carbocycles. The minimum Gasteiger partial charge on any atom is -0.495 e. The van der Waals surface area contributed by atoms with Crippen LogP contribution in [0.4, 0.5) is 5.69 Å². The first-order valence-electron chi connectivity index (χ1n) is 10.5. The Morgan fingerprint density at radius 2 is 2.09 bits per heavy atom. The van der Waals surface area contributed by atoms with Gasteiger partial charge in [0.1, 0.15) is 11.4 Å². The van der Waals surface area contributed by atoms with Gasteiger partial charge in [0.2, 0.25) is 15.9 Å². The van der Waals surface area contributed by atoms with Crippen molar-refractivity contribution >= 4 is 45.1 Å². The number of carbonyl (C=O) groups is 1. The van der Waals surface area contributed by atoms with Gasteiger partial charge in [0.15, 0.2) is 10.7 Å². The van der Waals surface area contributed by atoms with Crippen molar-refractivity contribution in [1.82, 2.24) is 9.46 Å². The second-order valence-electron chi connectivity index (χ2n) is 7.70. The van der Waals surface area contributed by atoms with E-state index in [0.29, 0.717) is 36.5 Å². The Hall–Kier alpha value is -2.95. The summed E-state index contributed by atoms with van der Waals surface area (Å²) in [6.45, 7) is 2.02. The zero-order valence-electron chi connectivity index (χ0n) is 18.4. The predicted molar refractivity (Wildman–Crippen MR) is 128 cm³/mol. The molecule has 8 nitrogen and oxygen atoms in total. The van der Waals surface area contributed by atoms with Gasteiger partial charge in [0.25, 0.3) is 0 Å².